The van der Waals surface area contributed by atoms with Crippen molar-refractivity contribution in [2.45, 2.75) is 33.2 Å². The molecule has 1 N–H and O–H groups in total. The predicted molar refractivity (Wildman–Crippen MR) is 141 cm³/mol. The van der Waals surface area contributed by atoms with Crippen LogP contribution in [0.15, 0.2) is 66.8 Å². The summed E-state index contributed by atoms with van der Waals surface area (Å²) in [5.74, 6) is -0.152. The topological polar surface area (TPSA) is 79.3 Å². The van der Waals surface area contributed by atoms with Crippen LogP contribution in [-0.2, 0) is 9.59 Å². The number of aliphatic hydroxyl groups is 1. The molecule has 0 bridgehead atoms. The highest BCUT2D eigenvalue weighted by atomic mass is 16.5. The first-order chi connectivity index (χ1) is 17.4. The zero-order chi connectivity index (χ0) is 26.1. The maximum atomic E-state index is 13.2. The lowest BCUT2D eigenvalue weighted by Gasteiger charge is -2.27. The third-order valence-electron chi connectivity index (χ3n) is 6.31. The zero-order valence-electron chi connectivity index (χ0n) is 21.4. The molecule has 1 amide bonds. The molecule has 2 aromatic carbocycles. The predicted octanol–water partition coefficient (Wildman–Crippen LogP) is 4.80. The number of hydrogen-bond donors (Lipinski definition) is 1. The van der Waals surface area contributed by atoms with Gasteiger partial charge in [0.2, 0.25) is 0 Å². The van der Waals surface area contributed by atoms with Crippen LogP contribution >= 0.6 is 0 Å². The van der Waals surface area contributed by atoms with Crippen LogP contribution in [0.2, 0.25) is 0 Å². The van der Waals surface area contributed by atoms with E-state index in [0.717, 1.165) is 31.6 Å². The molecule has 0 aliphatic carbocycles. The largest absolute Gasteiger partial charge is 0.507 e. The fourth-order valence-corrected chi connectivity index (χ4v) is 4.39. The highest BCUT2D eigenvalue weighted by Crippen LogP contribution is 2.40. The molecule has 3 rings (SSSR count). The van der Waals surface area contributed by atoms with E-state index in [1.807, 2.05) is 19.1 Å². The van der Waals surface area contributed by atoms with Crippen LogP contribution in [0, 0.1) is 0 Å². The van der Waals surface area contributed by atoms with E-state index >= 15 is 0 Å². The van der Waals surface area contributed by atoms with E-state index in [1.165, 1.54) is 0 Å². The van der Waals surface area contributed by atoms with Gasteiger partial charge in [-0.1, -0.05) is 38.6 Å². The number of carbonyl (C=O) groups is 2. The Morgan fingerprint density at radius 2 is 1.61 bits per heavy atom. The number of nitrogens with zero attached hydrogens (tertiary/aromatic N) is 2. The number of rotatable bonds is 13. The van der Waals surface area contributed by atoms with Crippen molar-refractivity contribution in [2.24, 2.45) is 0 Å². The average molecular weight is 493 g/mol. The number of likely N-dealkylation sites (tertiary alicyclic amines) is 1. The number of ketones is 1. The van der Waals surface area contributed by atoms with Crippen LogP contribution in [0.25, 0.3) is 5.76 Å². The van der Waals surface area contributed by atoms with Gasteiger partial charge in [0.15, 0.2) is 0 Å². The molecular weight excluding hydrogens is 456 g/mol. The molecular formula is C29H36N2O5. The van der Waals surface area contributed by atoms with Gasteiger partial charge in [0.05, 0.1) is 18.2 Å². The van der Waals surface area contributed by atoms with Crippen LogP contribution in [0.3, 0.4) is 0 Å². The second-order valence-electron chi connectivity index (χ2n) is 8.50. The Labute approximate surface area is 213 Å². The second kappa shape index (κ2) is 12.9. The van der Waals surface area contributed by atoms with Gasteiger partial charge in [-0.15, -0.1) is 0 Å². The number of amides is 1. The van der Waals surface area contributed by atoms with Crippen molar-refractivity contribution in [2.75, 3.05) is 39.4 Å². The van der Waals surface area contributed by atoms with Crippen LogP contribution in [0.5, 0.6) is 11.5 Å². The number of benzene rings is 2. The van der Waals surface area contributed by atoms with Crippen molar-refractivity contribution in [3.63, 3.8) is 0 Å². The van der Waals surface area contributed by atoms with Crippen molar-refractivity contribution in [3.05, 3.63) is 77.9 Å². The average Bonchev–Trinajstić information content (AvgIpc) is 3.15. The van der Waals surface area contributed by atoms with Crippen LogP contribution in [-0.4, -0.2) is 66.0 Å². The standard InChI is InChI=1S/C29H36N2O5/c1-5-20-36-24-14-10-21(11-15-24)26-25(27(32)22-12-16-23(17-13-22)35-8-4)28(33)29(34)31(26)19-9-18-30(6-2)7-3/h5,10-17,26,32H,1,6-9,18-20H2,2-4H3/b27-25+/t26-/m1/s1. The maximum Gasteiger partial charge on any atom is 0.295 e. The summed E-state index contributed by atoms with van der Waals surface area (Å²) in [4.78, 5) is 30.2. The molecule has 1 atom stereocenters. The van der Waals surface area contributed by atoms with E-state index in [4.69, 9.17) is 9.47 Å². The lowest BCUT2D eigenvalue weighted by molar-refractivity contribution is -0.140. The monoisotopic (exact) mass is 492 g/mol. The quantitative estimate of drug-likeness (QED) is 0.187. The Hall–Kier alpha value is -3.58. The van der Waals surface area contributed by atoms with E-state index in [1.54, 1.807) is 47.4 Å². The highest BCUT2D eigenvalue weighted by molar-refractivity contribution is 6.46. The first kappa shape index (κ1) is 27.0. The van der Waals surface area contributed by atoms with Crippen LogP contribution < -0.4 is 9.47 Å². The van der Waals surface area contributed by atoms with Crippen molar-refractivity contribution >= 4 is 17.4 Å². The summed E-state index contributed by atoms with van der Waals surface area (Å²) >= 11 is 0. The van der Waals surface area contributed by atoms with Crippen LogP contribution in [0.4, 0.5) is 0 Å². The lowest BCUT2D eigenvalue weighted by Crippen LogP contribution is -2.33. The fourth-order valence-electron chi connectivity index (χ4n) is 4.39. The molecule has 7 heteroatoms. The van der Waals surface area contributed by atoms with Crippen LogP contribution in [0.1, 0.15) is 44.4 Å². The summed E-state index contributed by atoms with van der Waals surface area (Å²) in [7, 11) is 0. The molecule has 1 saturated heterocycles. The molecule has 1 aliphatic heterocycles. The summed E-state index contributed by atoms with van der Waals surface area (Å²) in [5, 5.41) is 11.2. The summed E-state index contributed by atoms with van der Waals surface area (Å²) in [6.45, 7) is 13.7. The summed E-state index contributed by atoms with van der Waals surface area (Å²) in [5.41, 5.74) is 1.28. The molecule has 0 spiro atoms. The lowest BCUT2D eigenvalue weighted by atomic mass is 9.95. The van der Waals surface area contributed by atoms with E-state index in [9.17, 15) is 14.7 Å². The maximum absolute atomic E-state index is 13.2. The Kier molecular flexibility index (Phi) is 9.70. The van der Waals surface area contributed by atoms with Gasteiger partial charge in [-0.05, 0) is 74.9 Å². The van der Waals surface area contributed by atoms with E-state index in [0.29, 0.717) is 36.8 Å². The molecule has 0 unspecified atom stereocenters. The Balaban J connectivity index is 1.99. The number of carbonyl (C=O) groups excluding carboxylic acids is 2. The van der Waals surface area contributed by atoms with Gasteiger partial charge in [-0.2, -0.15) is 0 Å². The third-order valence-corrected chi connectivity index (χ3v) is 6.31. The Morgan fingerprint density at radius 3 is 2.19 bits per heavy atom. The highest BCUT2D eigenvalue weighted by Gasteiger charge is 2.45. The molecule has 36 heavy (non-hydrogen) atoms. The number of hydrogen-bond acceptors (Lipinski definition) is 6. The molecule has 0 aromatic heterocycles. The summed E-state index contributed by atoms with van der Waals surface area (Å²) in [6, 6.07) is 13.4. The van der Waals surface area contributed by atoms with Crippen molar-refractivity contribution in [3.8, 4) is 11.5 Å². The zero-order valence-corrected chi connectivity index (χ0v) is 21.4. The smallest absolute Gasteiger partial charge is 0.295 e. The first-order valence-electron chi connectivity index (χ1n) is 12.5. The molecule has 0 saturated carbocycles. The summed E-state index contributed by atoms with van der Waals surface area (Å²) < 4.78 is 11.1. The normalized spacial score (nSPS) is 17.0. The van der Waals surface area contributed by atoms with Gasteiger partial charge in [0.1, 0.15) is 23.9 Å². The molecule has 7 nitrogen and oxygen atoms in total. The molecule has 1 aliphatic rings. The van der Waals surface area contributed by atoms with Gasteiger partial charge >= 0.3 is 0 Å². The SMILES string of the molecule is C=CCOc1ccc([C@@H]2/C(=C(\O)c3ccc(OCC)cc3)C(=O)C(=O)N2CCCN(CC)CC)cc1. The molecule has 2 aromatic rings. The minimum Gasteiger partial charge on any atom is -0.507 e. The number of aliphatic hydroxyl groups excluding tert-OH is 1. The van der Waals surface area contributed by atoms with E-state index in [2.05, 4.69) is 25.3 Å². The number of ether oxygens (including phenoxy) is 2. The fraction of sp³-hybridized carbons (Fsp3) is 0.379. The number of Topliss-reactive ketones (excluding diaryl/α,β-unsaturated/α-hetero) is 1. The summed E-state index contributed by atoms with van der Waals surface area (Å²) in [6.07, 6.45) is 2.38. The first-order valence-corrected chi connectivity index (χ1v) is 12.5. The van der Waals surface area contributed by atoms with Crippen molar-refractivity contribution < 1.29 is 24.2 Å². The van der Waals surface area contributed by atoms with Gasteiger partial charge in [-0.25, -0.2) is 0 Å². The van der Waals surface area contributed by atoms with Gasteiger partial charge < -0.3 is 24.4 Å². The minimum atomic E-state index is -0.693. The molecule has 1 heterocycles. The molecule has 0 radical (unpaired) electrons. The second-order valence-corrected chi connectivity index (χ2v) is 8.50. The molecule has 192 valence electrons. The molecule has 1 fully saturated rings. The van der Waals surface area contributed by atoms with Crippen molar-refractivity contribution in [1.82, 2.24) is 9.80 Å². The van der Waals surface area contributed by atoms with Gasteiger partial charge in [0, 0.05) is 12.1 Å². The third kappa shape index (κ3) is 6.15. The van der Waals surface area contributed by atoms with Gasteiger partial charge in [-0.3, -0.25) is 9.59 Å². The van der Waals surface area contributed by atoms with E-state index in [-0.39, 0.29) is 11.3 Å². The van der Waals surface area contributed by atoms with Gasteiger partial charge in [0.25, 0.3) is 11.7 Å². The Bertz CT molecular complexity index is 1070. The minimum absolute atomic E-state index is 0.0896. The van der Waals surface area contributed by atoms with E-state index < -0.39 is 17.7 Å². The van der Waals surface area contributed by atoms with Crippen molar-refractivity contribution in [1.29, 1.82) is 0 Å². The Morgan fingerprint density at radius 1 is 1.00 bits per heavy atom.